The van der Waals surface area contributed by atoms with Crippen molar-refractivity contribution in [2.24, 2.45) is 0 Å². The van der Waals surface area contributed by atoms with E-state index in [4.69, 9.17) is 11.6 Å². The van der Waals surface area contributed by atoms with Crippen LogP contribution in [0.25, 0.3) is 0 Å². The van der Waals surface area contributed by atoms with Crippen molar-refractivity contribution in [3.8, 4) is 0 Å². The van der Waals surface area contributed by atoms with Crippen LogP contribution in [0.5, 0.6) is 0 Å². The molecule has 0 saturated heterocycles. The Kier molecular flexibility index (Phi) is 4.53. The lowest BCUT2D eigenvalue weighted by molar-refractivity contribution is -0.130. The van der Waals surface area contributed by atoms with Gasteiger partial charge in [-0.05, 0) is 23.3 Å². The predicted octanol–water partition coefficient (Wildman–Crippen LogP) is 3.02. The first-order valence-electron chi connectivity index (χ1n) is 6.01. The number of alkyl halides is 1. The molecule has 19 heavy (non-hydrogen) atoms. The second-order valence-electron chi connectivity index (χ2n) is 4.32. The van der Waals surface area contributed by atoms with Crippen molar-refractivity contribution >= 4 is 17.5 Å². The van der Waals surface area contributed by atoms with Gasteiger partial charge in [-0.25, -0.2) is 0 Å². The molecule has 0 aliphatic heterocycles. The molecule has 1 heterocycles. The van der Waals surface area contributed by atoms with Crippen LogP contribution < -0.4 is 0 Å². The van der Waals surface area contributed by atoms with Crippen LogP contribution in [0.15, 0.2) is 54.9 Å². The van der Waals surface area contributed by atoms with Gasteiger partial charge < -0.3 is 4.90 Å². The molecule has 0 aliphatic rings. The zero-order valence-corrected chi connectivity index (χ0v) is 11.4. The van der Waals surface area contributed by atoms with Gasteiger partial charge in [-0.2, -0.15) is 0 Å². The van der Waals surface area contributed by atoms with Gasteiger partial charge in [0.1, 0.15) is 5.38 Å². The van der Waals surface area contributed by atoms with Gasteiger partial charge in [0, 0.05) is 26.0 Å². The summed E-state index contributed by atoms with van der Waals surface area (Å²) in [6, 6.07) is 13.1. The van der Waals surface area contributed by atoms with Crippen LogP contribution >= 0.6 is 11.6 Å². The Morgan fingerprint density at radius 2 is 1.84 bits per heavy atom. The molecule has 1 aromatic heterocycles. The van der Waals surface area contributed by atoms with E-state index < -0.39 is 5.38 Å². The van der Waals surface area contributed by atoms with E-state index in [0.29, 0.717) is 6.54 Å². The predicted molar refractivity (Wildman–Crippen MR) is 75.7 cm³/mol. The molecule has 0 aliphatic carbocycles. The summed E-state index contributed by atoms with van der Waals surface area (Å²) in [4.78, 5) is 17.8. The SMILES string of the molecule is CN(Cc1ccncc1)C(=O)C(Cl)c1ccccc1. The quantitative estimate of drug-likeness (QED) is 0.803. The van der Waals surface area contributed by atoms with Crippen LogP contribution in [0.4, 0.5) is 0 Å². The number of hydrogen-bond donors (Lipinski definition) is 0. The summed E-state index contributed by atoms with van der Waals surface area (Å²) < 4.78 is 0. The van der Waals surface area contributed by atoms with Gasteiger partial charge in [0.2, 0.25) is 5.91 Å². The molecule has 1 unspecified atom stereocenters. The first-order valence-corrected chi connectivity index (χ1v) is 6.45. The fraction of sp³-hybridized carbons (Fsp3) is 0.200. The third kappa shape index (κ3) is 3.55. The number of aromatic nitrogens is 1. The van der Waals surface area contributed by atoms with Crippen LogP contribution in [-0.4, -0.2) is 22.8 Å². The fourth-order valence-electron chi connectivity index (χ4n) is 1.80. The zero-order valence-electron chi connectivity index (χ0n) is 10.7. The first kappa shape index (κ1) is 13.6. The summed E-state index contributed by atoms with van der Waals surface area (Å²) in [5, 5.41) is -0.645. The first-order chi connectivity index (χ1) is 9.18. The number of carbonyl (C=O) groups excluding carboxylic acids is 1. The molecule has 0 fully saturated rings. The van der Waals surface area contributed by atoms with Gasteiger partial charge in [0.25, 0.3) is 0 Å². The molecule has 3 nitrogen and oxygen atoms in total. The Morgan fingerprint density at radius 3 is 2.47 bits per heavy atom. The molecule has 4 heteroatoms. The average molecular weight is 275 g/mol. The molecule has 2 rings (SSSR count). The van der Waals surface area contributed by atoms with Crippen molar-refractivity contribution in [2.75, 3.05) is 7.05 Å². The van der Waals surface area contributed by atoms with Crippen LogP contribution in [0.3, 0.4) is 0 Å². The van der Waals surface area contributed by atoms with E-state index in [2.05, 4.69) is 4.98 Å². The Morgan fingerprint density at radius 1 is 1.21 bits per heavy atom. The van der Waals surface area contributed by atoms with E-state index in [0.717, 1.165) is 11.1 Å². The van der Waals surface area contributed by atoms with Crippen LogP contribution in [-0.2, 0) is 11.3 Å². The van der Waals surface area contributed by atoms with Gasteiger partial charge in [0.05, 0.1) is 0 Å². The summed E-state index contributed by atoms with van der Waals surface area (Å²) in [6.07, 6.45) is 3.42. The molecule has 98 valence electrons. The number of pyridine rings is 1. The lowest BCUT2D eigenvalue weighted by atomic mass is 10.1. The molecule has 1 amide bonds. The second-order valence-corrected chi connectivity index (χ2v) is 4.76. The van der Waals surface area contributed by atoms with Crippen molar-refractivity contribution in [3.63, 3.8) is 0 Å². The van der Waals surface area contributed by atoms with E-state index in [9.17, 15) is 4.79 Å². The number of amides is 1. The summed E-state index contributed by atoms with van der Waals surface area (Å²) in [6.45, 7) is 0.525. The summed E-state index contributed by atoms with van der Waals surface area (Å²) in [5.41, 5.74) is 1.85. The highest BCUT2D eigenvalue weighted by Crippen LogP contribution is 2.22. The minimum Gasteiger partial charge on any atom is -0.340 e. The summed E-state index contributed by atoms with van der Waals surface area (Å²) >= 11 is 6.21. The van der Waals surface area contributed by atoms with E-state index in [1.165, 1.54) is 0 Å². The molecule has 2 aromatic rings. The molecule has 0 N–H and O–H groups in total. The molecule has 0 saturated carbocycles. The Balaban J connectivity index is 2.03. The maximum absolute atomic E-state index is 12.2. The summed E-state index contributed by atoms with van der Waals surface area (Å²) in [7, 11) is 1.75. The molecule has 0 spiro atoms. The van der Waals surface area contributed by atoms with E-state index in [1.54, 1.807) is 24.3 Å². The third-order valence-corrected chi connectivity index (χ3v) is 3.29. The second kappa shape index (κ2) is 6.34. The normalized spacial score (nSPS) is 11.9. The monoisotopic (exact) mass is 274 g/mol. The molecule has 0 bridgehead atoms. The Bertz CT molecular complexity index is 530. The molecule has 1 atom stereocenters. The van der Waals surface area contributed by atoms with Crippen LogP contribution in [0, 0.1) is 0 Å². The highest BCUT2D eigenvalue weighted by atomic mass is 35.5. The number of carbonyl (C=O) groups is 1. The van der Waals surface area contributed by atoms with E-state index >= 15 is 0 Å². The highest BCUT2D eigenvalue weighted by molar-refractivity contribution is 6.30. The standard InChI is InChI=1S/C15H15ClN2O/c1-18(11-12-7-9-17-10-8-12)15(19)14(16)13-5-3-2-4-6-13/h2-10,14H,11H2,1H3. The minimum absolute atomic E-state index is 0.107. The Hall–Kier alpha value is -1.87. The van der Waals surface area contributed by atoms with Crippen LogP contribution in [0.2, 0.25) is 0 Å². The zero-order chi connectivity index (χ0) is 13.7. The maximum atomic E-state index is 12.2. The third-order valence-electron chi connectivity index (χ3n) is 2.85. The van der Waals surface area contributed by atoms with Gasteiger partial charge in [-0.15, -0.1) is 11.6 Å². The number of hydrogen-bond acceptors (Lipinski definition) is 2. The highest BCUT2D eigenvalue weighted by Gasteiger charge is 2.21. The lowest BCUT2D eigenvalue weighted by Crippen LogP contribution is -2.29. The van der Waals surface area contributed by atoms with Crippen molar-refractivity contribution in [1.29, 1.82) is 0 Å². The molecular formula is C15H15ClN2O. The minimum atomic E-state index is -0.645. The van der Waals surface area contributed by atoms with Gasteiger partial charge in [-0.3, -0.25) is 9.78 Å². The van der Waals surface area contributed by atoms with E-state index in [1.807, 2.05) is 42.5 Å². The Labute approximate surface area is 117 Å². The average Bonchev–Trinajstić information content (AvgIpc) is 2.47. The number of nitrogens with zero attached hydrogens (tertiary/aromatic N) is 2. The van der Waals surface area contributed by atoms with Crippen molar-refractivity contribution in [1.82, 2.24) is 9.88 Å². The number of benzene rings is 1. The van der Waals surface area contributed by atoms with Crippen molar-refractivity contribution in [2.45, 2.75) is 11.9 Å². The van der Waals surface area contributed by atoms with Crippen LogP contribution in [0.1, 0.15) is 16.5 Å². The van der Waals surface area contributed by atoms with Crippen molar-refractivity contribution < 1.29 is 4.79 Å². The smallest absolute Gasteiger partial charge is 0.245 e. The number of halogens is 1. The van der Waals surface area contributed by atoms with Gasteiger partial charge >= 0.3 is 0 Å². The number of likely N-dealkylation sites (N-methyl/N-ethyl adjacent to an activating group) is 1. The van der Waals surface area contributed by atoms with Gasteiger partial charge in [-0.1, -0.05) is 30.3 Å². The maximum Gasteiger partial charge on any atom is 0.245 e. The largest absolute Gasteiger partial charge is 0.340 e. The van der Waals surface area contributed by atoms with Crippen molar-refractivity contribution in [3.05, 3.63) is 66.0 Å². The molecule has 0 radical (unpaired) electrons. The van der Waals surface area contributed by atoms with E-state index in [-0.39, 0.29) is 5.91 Å². The fourth-order valence-corrected chi connectivity index (χ4v) is 2.11. The summed E-state index contributed by atoms with van der Waals surface area (Å²) in [5.74, 6) is -0.107. The molecule has 1 aromatic carbocycles. The molecular weight excluding hydrogens is 260 g/mol. The lowest BCUT2D eigenvalue weighted by Gasteiger charge is -2.20. The van der Waals surface area contributed by atoms with Gasteiger partial charge in [0.15, 0.2) is 0 Å². The topological polar surface area (TPSA) is 33.2 Å². The number of rotatable bonds is 4.